The Morgan fingerprint density at radius 3 is 2.56 bits per heavy atom. The van der Waals surface area contributed by atoms with Gasteiger partial charge in [-0.3, -0.25) is 4.79 Å². The number of hydrogen-bond acceptors (Lipinski definition) is 3. The molecule has 0 aromatic heterocycles. The Labute approximate surface area is 109 Å². The van der Waals surface area contributed by atoms with Crippen molar-refractivity contribution in [2.45, 2.75) is 45.8 Å². The van der Waals surface area contributed by atoms with Gasteiger partial charge in [0.15, 0.2) is 11.6 Å². The lowest BCUT2D eigenvalue weighted by Gasteiger charge is -2.56. The number of ketones is 1. The first-order valence-electron chi connectivity index (χ1n) is 6.88. The van der Waals surface area contributed by atoms with E-state index in [2.05, 4.69) is 26.0 Å². The lowest BCUT2D eigenvalue weighted by Crippen LogP contribution is -2.63. The third kappa shape index (κ3) is 1.53. The molecule has 2 atom stereocenters. The van der Waals surface area contributed by atoms with Crippen molar-refractivity contribution in [3.8, 4) is 0 Å². The second kappa shape index (κ2) is 3.67. The first kappa shape index (κ1) is 12.4. The summed E-state index contributed by atoms with van der Waals surface area (Å²) < 4.78 is 12.2. The Morgan fingerprint density at radius 1 is 1.22 bits per heavy atom. The molecule has 0 aromatic rings. The summed E-state index contributed by atoms with van der Waals surface area (Å²) in [6.07, 6.45) is 6.61. The van der Waals surface area contributed by atoms with E-state index in [4.69, 9.17) is 9.47 Å². The first-order valence-corrected chi connectivity index (χ1v) is 6.88. The fraction of sp³-hybridized carbons (Fsp3) is 0.800. The van der Waals surface area contributed by atoms with Crippen LogP contribution in [-0.2, 0) is 14.3 Å². The van der Waals surface area contributed by atoms with Gasteiger partial charge in [0, 0.05) is 17.8 Å². The van der Waals surface area contributed by atoms with Gasteiger partial charge in [0.05, 0.1) is 18.6 Å². The van der Waals surface area contributed by atoms with Gasteiger partial charge in [-0.05, 0) is 19.8 Å². The number of Topliss-reactive ketones (excluding diaryl/α,β-unsaturated/α-hetero) is 1. The molecule has 3 nitrogen and oxygen atoms in total. The fourth-order valence-corrected chi connectivity index (χ4v) is 3.43. The molecular weight excluding hydrogens is 228 g/mol. The van der Waals surface area contributed by atoms with Crippen molar-refractivity contribution in [3.05, 3.63) is 12.2 Å². The molecule has 100 valence electrons. The third-order valence-electron chi connectivity index (χ3n) is 4.79. The summed E-state index contributed by atoms with van der Waals surface area (Å²) >= 11 is 0. The number of carbonyl (C=O) groups is 1. The monoisotopic (exact) mass is 250 g/mol. The number of fused-ring (bicyclic) bond motifs is 3. The Morgan fingerprint density at radius 2 is 1.89 bits per heavy atom. The molecule has 3 aliphatic rings. The van der Waals surface area contributed by atoms with Crippen LogP contribution in [-0.4, -0.2) is 24.8 Å². The molecule has 3 heteroatoms. The summed E-state index contributed by atoms with van der Waals surface area (Å²) in [5, 5.41) is 0. The zero-order chi connectivity index (χ0) is 13.0. The largest absolute Gasteiger partial charge is 0.348 e. The molecule has 18 heavy (non-hydrogen) atoms. The topological polar surface area (TPSA) is 35.5 Å². The Kier molecular flexibility index (Phi) is 2.52. The Bertz CT molecular complexity index is 400. The Hall–Kier alpha value is -0.670. The normalized spacial score (nSPS) is 41.1. The Balaban J connectivity index is 1.93. The maximum absolute atomic E-state index is 12.6. The van der Waals surface area contributed by atoms with Crippen molar-refractivity contribution >= 4 is 5.78 Å². The van der Waals surface area contributed by atoms with E-state index in [1.165, 1.54) is 0 Å². The van der Waals surface area contributed by atoms with Crippen molar-refractivity contribution in [1.29, 1.82) is 0 Å². The van der Waals surface area contributed by atoms with Crippen LogP contribution >= 0.6 is 0 Å². The average molecular weight is 250 g/mol. The lowest BCUT2D eigenvalue weighted by atomic mass is 9.60. The van der Waals surface area contributed by atoms with Crippen LogP contribution in [0.4, 0.5) is 0 Å². The maximum atomic E-state index is 12.6. The van der Waals surface area contributed by atoms with Crippen molar-refractivity contribution in [1.82, 2.24) is 0 Å². The van der Waals surface area contributed by atoms with E-state index < -0.39 is 11.2 Å². The van der Waals surface area contributed by atoms with Crippen LogP contribution in [0.5, 0.6) is 0 Å². The van der Waals surface area contributed by atoms with E-state index in [9.17, 15) is 4.79 Å². The highest BCUT2D eigenvalue weighted by Gasteiger charge is 2.61. The molecule has 1 saturated carbocycles. The summed E-state index contributed by atoms with van der Waals surface area (Å²) in [5.41, 5.74) is -0.451. The molecule has 2 fully saturated rings. The minimum Gasteiger partial charge on any atom is -0.348 e. The molecule has 2 aliphatic carbocycles. The summed E-state index contributed by atoms with van der Waals surface area (Å²) in [6, 6.07) is 0. The molecule has 0 amide bonds. The standard InChI is InChI=1S/C15H22O3/c1-13(2)9-17-15(18-10-13)8-6-11-5-4-7-14(15,3)12(11)16/h4-5,11H,6-10H2,1-3H3/t11-,14-/m1/s1. The van der Waals surface area contributed by atoms with Gasteiger partial charge >= 0.3 is 0 Å². The average Bonchev–Trinajstić information content (AvgIpc) is 2.31. The van der Waals surface area contributed by atoms with Crippen LogP contribution in [0.1, 0.15) is 40.0 Å². The van der Waals surface area contributed by atoms with Gasteiger partial charge in [-0.1, -0.05) is 26.0 Å². The molecule has 1 aliphatic heterocycles. The van der Waals surface area contributed by atoms with Gasteiger partial charge < -0.3 is 9.47 Å². The highest BCUT2D eigenvalue weighted by molar-refractivity contribution is 5.91. The van der Waals surface area contributed by atoms with E-state index in [1.54, 1.807) is 0 Å². The number of hydrogen-bond donors (Lipinski definition) is 0. The van der Waals surface area contributed by atoms with Crippen molar-refractivity contribution < 1.29 is 14.3 Å². The van der Waals surface area contributed by atoms with Crippen LogP contribution in [0.3, 0.4) is 0 Å². The second-order valence-corrected chi connectivity index (χ2v) is 6.97. The van der Waals surface area contributed by atoms with Crippen LogP contribution in [0.2, 0.25) is 0 Å². The van der Waals surface area contributed by atoms with Crippen molar-refractivity contribution in [2.75, 3.05) is 13.2 Å². The number of ether oxygens (including phenoxy) is 2. The minimum absolute atomic E-state index is 0.0476. The zero-order valence-electron chi connectivity index (χ0n) is 11.5. The van der Waals surface area contributed by atoms with Crippen LogP contribution in [0.25, 0.3) is 0 Å². The van der Waals surface area contributed by atoms with Gasteiger partial charge in [-0.2, -0.15) is 0 Å². The minimum atomic E-state index is -0.680. The molecule has 3 rings (SSSR count). The molecule has 1 spiro atoms. The molecule has 1 saturated heterocycles. The number of allylic oxidation sites excluding steroid dienone is 2. The smallest absolute Gasteiger partial charge is 0.180 e. The summed E-state index contributed by atoms with van der Waals surface area (Å²) in [6.45, 7) is 7.63. The van der Waals surface area contributed by atoms with Crippen LogP contribution in [0, 0.1) is 16.7 Å². The van der Waals surface area contributed by atoms with Gasteiger partial charge in [-0.25, -0.2) is 0 Å². The zero-order valence-corrected chi connectivity index (χ0v) is 11.5. The van der Waals surface area contributed by atoms with Crippen molar-refractivity contribution in [2.24, 2.45) is 16.7 Å². The third-order valence-corrected chi connectivity index (χ3v) is 4.79. The molecular formula is C15H22O3. The van der Waals surface area contributed by atoms with E-state index in [0.29, 0.717) is 19.0 Å². The summed E-state index contributed by atoms with van der Waals surface area (Å²) in [4.78, 5) is 12.6. The fourth-order valence-electron chi connectivity index (χ4n) is 3.43. The van der Waals surface area contributed by atoms with Crippen LogP contribution < -0.4 is 0 Å². The molecule has 0 N–H and O–H groups in total. The predicted octanol–water partition coefficient (Wildman–Crippen LogP) is 2.70. The molecule has 2 bridgehead atoms. The highest BCUT2D eigenvalue weighted by Crippen LogP contribution is 2.54. The van der Waals surface area contributed by atoms with Gasteiger partial charge in [0.2, 0.25) is 0 Å². The van der Waals surface area contributed by atoms with Gasteiger partial charge in [0.1, 0.15) is 0 Å². The maximum Gasteiger partial charge on any atom is 0.180 e. The van der Waals surface area contributed by atoms with E-state index in [-0.39, 0.29) is 11.3 Å². The van der Waals surface area contributed by atoms with E-state index >= 15 is 0 Å². The van der Waals surface area contributed by atoms with Crippen molar-refractivity contribution in [3.63, 3.8) is 0 Å². The van der Waals surface area contributed by atoms with Gasteiger partial charge in [0.25, 0.3) is 0 Å². The van der Waals surface area contributed by atoms with Crippen LogP contribution in [0.15, 0.2) is 12.2 Å². The predicted molar refractivity (Wildman–Crippen MR) is 68.0 cm³/mol. The molecule has 0 aromatic carbocycles. The second-order valence-electron chi connectivity index (χ2n) is 6.97. The molecule has 0 unspecified atom stereocenters. The summed E-state index contributed by atoms with van der Waals surface area (Å²) in [7, 11) is 0. The first-order chi connectivity index (χ1) is 8.39. The summed E-state index contributed by atoms with van der Waals surface area (Å²) in [5.74, 6) is -0.298. The van der Waals surface area contributed by atoms with E-state index in [0.717, 1.165) is 19.3 Å². The molecule has 1 heterocycles. The quantitative estimate of drug-likeness (QED) is 0.620. The van der Waals surface area contributed by atoms with Gasteiger partial charge in [-0.15, -0.1) is 0 Å². The van der Waals surface area contributed by atoms with E-state index in [1.807, 2.05) is 6.92 Å². The molecule has 0 radical (unpaired) electrons. The highest BCUT2D eigenvalue weighted by atomic mass is 16.7. The number of rotatable bonds is 0. The number of carbonyl (C=O) groups excluding carboxylic acids is 1. The SMILES string of the molecule is CC1(C)COC2(CC[C@H]3C=CC[C@]2(C)C3=O)OC1. The lowest BCUT2D eigenvalue weighted by molar-refractivity contribution is -0.346.